The lowest BCUT2D eigenvalue weighted by atomic mass is 10.1. The second-order valence-corrected chi connectivity index (χ2v) is 5.33. The number of aryl methyl sites for hydroxylation is 1. The summed E-state index contributed by atoms with van der Waals surface area (Å²) in [7, 11) is 0. The van der Waals surface area contributed by atoms with E-state index in [4.69, 9.17) is 4.74 Å². The third kappa shape index (κ3) is 4.95. The highest BCUT2D eigenvalue weighted by molar-refractivity contribution is 5.96. The predicted molar refractivity (Wildman–Crippen MR) is 89.2 cm³/mol. The predicted octanol–water partition coefficient (Wildman–Crippen LogP) is 2.90. The zero-order chi connectivity index (χ0) is 16.7. The zero-order valence-corrected chi connectivity index (χ0v) is 13.4. The standard InChI is InChI=1S/C19H21NO3/c1-3-23-19(22)17(13-15-7-5-4-6-8-15)20-18(21)16-11-9-14(2)10-12-16/h4-12,17H,3,13H2,1-2H3,(H,20,21). The maximum absolute atomic E-state index is 12.3. The molecule has 23 heavy (non-hydrogen) atoms. The number of amides is 1. The van der Waals surface area contributed by atoms with Gasteiger partial charge in [0.1, 0.15) is 6.04 Å². The van der Waals surface area contributed by atoms with E-state index in [-0.39, 0.29) is 12.5 Å². The molecule has 2 aromatic rings. The third-order valence-corrected chi connectivity index (χ3v) is 3.47. The fourth-order valence-corrected chi connectivity index (χ4v) is 2.23. The molecule has 0 radical (unpaired) electrons. The lowest BCUT2D eigenvalue weighted by Gasteiger charge is -2.17. The van der Waals surface area contributed by atoms with Crippen LogP contribution in [-0.2, 0) is 16.0 Å². The van der Waals surface area contributed by atoms with E-state index in [2.05, 4.69) is 5.32 Å². The van der Waals surface area contributed by atoms with Gasteiger partial charge in [-0.3, -0.25) is 4.79 Å². The van der Waals surface area contributed by atoms with Crippen LogP contribution in [0.4, 0.5) is 0 Å². The molecule has 4 heteroatoms. The molecule has 1 atom stereocenters. The van der Waals surface area contributed by atoms with E-state index in [9.17, 15) is 9.59 Å². The first-order valence-electron chi connectivity index (χ1n) is 7.68. The molecule has 2 rings (SSSR count). The Kier molecular flexibility index (Phi) is 5.92. The van der Waals surface area contributed by atoms with Crippen molar-refractivity contribution in [3.05, 3.63) is 71.3 Å². The van der Waals surface area contributed by atoms with Gasteiger partial charge in [-0.2, -0.15) is 0 Å². The average Bonchev–Trinajstić information content (AvgIpc) is 2.56. The van der Waals surface area contributed by atoms with Crippen molar-refractivity contribution in [3.8, 4) is 0 Å². The van der Waals surface area contributed by atoms with Crippen LogP contribution in [0.15, 0.2) is 54.6 Å². The number of nitrogens with one attached hydrogen (secondary N) is 1. The molecular formula is C19H21NO3. The normalized spacial score (nSPS) is 11.6. The van der Waals surface area contributed by atoms with E-state index >= 15 is 0 Å². The van der Waals surface area contributed by atoms with Gasteiger partial charge >= 0.3 is 5.97 Å². The molecule has 1 amide bonds. The Balaban J connectivity index is 2.11. The van der Waals surface area contributed by atoms with Gasteiger partial charge in [-0.15, -0.1) is 0 Å². The maximum atomic E-state index is 12.3. The van der Waals surface area contributed by atoms with E-state index in [1.807, 2.05) is 49.4 Å². The van der Waals surface area contributed by atoms with Gasteiger partial charge in [0.2, 0.25) is 0 Å². The number of carbonyl (C=O) groups excluding carboxylic acids is 2. The van der Waals surface area contributed by atoms with Crippen LogP contribution in [0.25, 0.3) is 0 Å². The van der Waals surface area contributed by atoms with E-state index in [0.29, 0.717) is 12.0 Å². The Morgan fingerprint density at radius 1 is 1.04 bits per heavy atom. The molecular weight excluding hydrogens is 290 g/mol. The molecule has 0 saturated heterocycles. The summed E-state index contributed by atoms with van der Waals surface area (Å²) >= 11 is 0. The number of carbonyl (C=O) groups is 2. The Labute approximate surface area is 136 Å². The minimum Gasteiger partial charge on any atom is -0.464 e. The summed E-state index contributed by atoms with van der Waals surface area (Å²) in [4.78, 5) is 24.5. The summed E-state index contributed by atoms with van der Waals surface area (Å²) in [5.74, 6) is -0.698. The molecule has 0 bridgehead atoms. The zero-order valence-electron chi connectivity index (χ0n) is 13.4. The maximum Gasteiger partial charge on any atom is 0.328 e. The Bertz CT molecular complexity index is 650. The van der Waals surface area contributed by atoms with Gasteiger partial charge in [0, 0.05) is 12.0 Å². The molecule has 0 aliphatic carbocycles. The lowest BCUT2D eigenvalue weighted by molar-refractivity contribution is -0.145. The van der Waals surface area contributed by atoms with Crippen LogP contribution >= 0.6 is 0 Å². The van der Waals surface area contributed by atoms with Crippen LogP contribution in [0.3, 0.4) is 0 Å². The molecule has 1 N–H and O–H groups in total. The molecule has 0 aliphatic rings. The molecule has 0 aromatic heterocycles. The van der Waals surface area contributed by atoms with Crippen molar-refractivity contribution in [2.45, 2.75) is 26.3 Å². The topological polar surface area (TPSA) is 55.4 Å². The quantitative estimate of drug-likeness (QED) is 0.835. The lowest BCUT2D eigenvalue weighted by Crippen LogP contribution is -2.43. The fourth-order valence-electron chi connectivity index (χ4n) is 2.23. The summed E-state index contributed by atoms with van der Waals surface area (Å²) in [6, 6.07) is 16.1. The van der Waals surface area contributed by atoms with Crippen molar-refractivity contribution in [2.75, 3.05) is 6.61 Å². The van der Waals surface area contributed by atoms with Crippen LogP contribution in [-0.4, -0.2) is 24.5 Å². The summed E-state index contributed by atoms with van der Waals surface area (Å²) in [6.07, 6.45) is 0.400. The molecule has 0 spiro atoms. The number of benzene rings is 2. The van der Waals surface area contributed by atoms with Gasteiger partial charge in [-0.05, 0) is 31.5 Å². The molecule has 0 heterocycles. The van der Waals surface area contributed by atoms with Crippen molar-refractivity contribution < 1.29 is 14.3 Å². The minimum atomic E-state index is -0.703. The second kappa shape index (κ2) is 8.13. The van der Waals surface area contributed by atoms with Crippen LogP contribution in [0.5, 0.6) is 0 Å². The first-order valence-corrected chi connectivity index (χ1v) is 7.68. The van der Waals surface area contributed by atoms with Crippen LogP contribution < -0.4 is 5.32 Å². The third-order valence-electron chi connectivity index (χ3n) is 3.47. The van der Waals surface area contributed by atoms with Gasteiger partial charge < -0.3 is 10.1 Å². The average molecular weight is 311 g/mol. The smallest absolute Gasteiger partial charge is 0.328 e. The van der Waals surface area contributed by atoms with Gasteiger partial charge in [0.25, 0.3) is 5.91 Å². The molecule has 120 valence electrons. The van der Waals surface area contributed by atoms with Crippen molar-refractivity contribution in [2.24, 2.45) is 0 Å². The van der Waals surface area contributed by atoms with Crippen molar-refractivity contribution in [3.63, 3.8) is 0 Å². The Morgan fingerprint density at radius 3 is 2.30 bits per heavy atom. The van der Waals surface area contributed by atoms with Crippen LogP contribution in [0, 0.1) is 6.92 Å². The Morgan fingerprint density at radius 2 is 1.70 bits per heavy atom. The van der Waals surface area contributed by atoms with Gasteiger partial charge in [-0.25, -0.2) is 4.79 Å². The second-order valence-electron chi connectivity index (χ2n) is 5.33. The van der Waals surface area contributed by atoms with Crippen LogP contribution in [0.2, 0.25) is 0 Å². The molecule has 2 aromatic carbocycles. The fraction of sp³-hybridized carbons (Fsp3) is 0.263. The first-order chi connectivity index (χ1) is 11.1. The van der Waals surface area contributed by atoms with E-state index < -0.39 is 12.0 Å². The summed E-state index contributed by atoms with van der Waals surface area (Å²) < 4.78 is 5.08. The number of hydrogen-bond acceptors (Lipinski definition) is 3. The first kappa shape index (κ1) is 16.7. The largest absolute Gasteiger partial charge is 0.464 e. The molecule has 0 saturated carbocycles. The van der Waals surface area contributed by atoms with Crippen LogP contribution in [0.1, 0.15) is 28.4 Å². The highest BCUT2D eigenvalue weighted by Gasteiger charge is 2.23. The molecule has 4 nitrogen and oxygen atoms in total. The summed E-state index contributed by atoms with van der Waals surface area (Å²) in [5.41, 5.74) is 2.57. The van der Waals surface area contributed by atoms with Crippen molar-refractivity contribution in [1.29, 1.82) is 0 Å². The molecule has 1 unspecified atom stereocenters. The highest BCUT2D eigenvalue weighted by atomic mass is 16.5. The highest BCUT2D eigenvalue weighted by Crippen LogP contribution is 2.08. The number of ether oxygens (including phenoxy) is 1. The number of hydrogen-bond donors (Lipinski definition) is 1. The number of rotatable bonds is 6. The summed E-state index contributed by atoms with van der Waals surface area (Å²) in [6.45, 7) is 3.99. The van der Waals surface area contributed by atoms with Gasteiger partial charge in [0.05, 0.1) is 6.61 Å². The van der Waals surface area contributed by atoms with E-state index in [1.165, 1.54) is 0 Å². The van der Waals surface area contributed by atoms with E-state index in [1.54, 1.807) is 19.1 Å². The SMILES string of the molecule is CCOC(=O)C(Cc1ccccc1)NC(=O)c1ccc(C)cc1. The monoisotopic (exact) mass is 311 g/mol. The minimum absolute atomic E-state index is 0.279. The summed E-state index contributed by atoms with van der Waals surface area (Å²) in [5, 5.41) is 2.77. The Hall–Kier alpha value is -2.62. The molecule has 0 fully saturated rings. The van der Waals surface area contributed by atoms with Gasteiger partial charge in [0.15, 0.2) is 0 Å². The molecule has 0 aliphatic heterocycles. The number of esters is 1. The van der Waals surface area contributed by atoms with Gasteiger partial charge in [-0.1, -0.05) is 48.0 Å². The van der Waals surface area contributed by atoms with Crippen molar-refractivity contribution in [1.82, 2.24) is 5.32 Å². The van der Waals surface area contributed by atoms with E-state index in [0.717, 1.165) is 11.1 Å². The van der Waals surface area contributed by atoms with Crippen molar-refractivity contribution >= 4 is 11.9 Å².